The molecule has 2 N–H and O–H groups in total. The Morgan fingerprint density at radius 3 is 2.92 bits per heavy atom. The molecule has 0 aliphatic carbocycles. The Morgan fingerprint density at radius 2 is 2.50 bits per heavy atom. The number of hydrogen-bond donors (Lipinski definition) is 1. The van der Waals surface area contributed by atoms with Gasteiger partial charge in [-0.15, -0.1) is 11.3 Å². The van der Waals surface area contributed by atoms with Crippen molar-refractivity contribution in [1.29, 1.82) is 0 Å². The fraction of sp³-hybridized carbons (Fsp3) is 0.143. The zero-order valence-corrected chi connectivity index (χ0v) is 7.30. The molecule has 0 saturated heterocycles. The number of hydrogen-bond acceptors (Lipinski definition) is 4. The number of thiophene rings is 1. The van der Waals surface area contributed by atoms with E-state index in [9.17, 15) is 4.79 Å². The van der Waals surface area contributed by atoms with Crippen LogP contribution in [0.25, 0.3) is 0 Å². The lowest BCUT2D eigenvalue weighted by Gasteiger charge is -1.95. The molecule has 0 saturated carbocycles. The van der Waals surface area contributed by atoms with Crippen LogP contribution in [0.3, 0.4) is 0 Å². The van der Waals surface area contributed by atoms with Gasteiger partial charge in [0, 0.05) is 0 Å². The average molecular weight is 184 g/mol. The maximum Gasteiger partial charge on any atom is 0.272 e. The van der Waals surface area contributed by atoms with Crippen molar-refractivity contribution in [1.82, 2.24) is 0 Å². The second-order valence-corrected chi connectivity index (χ2v) is 2.91. The van der Waals surface area contributed by atoms with Crippen molar-refractivity contribution in [2.24, 2.45) is 10.9 Å². The Hall–Kier alpha value is -1.36. The summed E-state index contributed by atoms with van der Waals surface area (Å²) in [7, 11) is 1.37. The van der Waals surface area contributed by atoms with Crippen molar-refractivity contribution in [2.45, 2.75) is 0 Å². The molecule has 0 aliphatic rings. The van der Waals surface area contributed by atoms with Gasteiger partial charge in [-0.3, -0.25) is 4.79 Å². The van der Waals surface area contributed by atoms with Crippen LogP contribution in [-0.4, -0.2) is 18.7 Å². The normalized spacial score (nSPS) is 11.2. The molecular weight excluding hydrogens is 176 g/mol. The maximum atomic E-state index is 10.8. The number of amides is 1. The van der Waals surface area contributed by atoms with Crippen LogP contribution in [0, 0.1) is 0 Å². The molecule has 12 heavy (non-hydrogen) atoms. The monoisotopic (exact) mass is 184 g/mol. The summed E-state index contributed by atoms with van der Waals surface area (Å²) in [5.41, 5.74) is 5.23. The molecule has 1 aromatic heterocycles. The molecule has 1 amide bonds. The number of carbonyl (C=O) groups excluding carboxylic acids is 1. The minimum Gasteiger partial charge on any atom is -0.398 e. The quantitative estimate of drug-likeness (QED) is 0.551. The first-order valence-electron chi connectivity index (χ1n) is 3.20. The molecule has 0 atom stereocenters. The Balaban J connectivity index is 2.96. The summed E-state index contributed by atoms with van der Waals surface area (Å²) in [6.45, 7) is 0. The number of nitrogens with zero attached hydrogens (tertiary/aromatic N) is 1. The molecule has 0 fully saturated rings. The third kappa shape index (κ3) is 1.82. The van der Waals surface area contributed by atoms with E-state index in [4.69, 9.17) is 5.73 Å². The van der Waals surface area contributed by atoms with E-state index in [0.717, 1.165) is 0 Å². The molecule has 1 aromatic rings. The summed E-state index contributed by atoms with van der Waals surface area (Å²) in [5.74, 6) is -0.584. The third-order valence-corrected chi connectivity index (χ3v) is 2.05. The Kier molecular flexibility index (Phi) is 2.82. The van der Waals surface area contributed by atoms with Crippen molar-refractivity contribution < 1.29 is 9.63 Å². The second kappa shape index (κ2) is 3.87. The fourth-order valence-corrected chi connectivity index (χ4v) is 1.43. The van der Waals surface area contributed by atoms with Crippen molar-refractivity contribution in [2.75, 3.05) is 7.11 Å². The first kappa shape index (κ1) is 8.73. The molecule has 0 aliphatic heterocycles. The van der Waals surface area contributed by atoms with Gasteiger partial charge in [-0.05, 0) is 11.4 Å². The fourth-order valence-electron chi connectivity index (χ4n) is 0.716. The van der Waals surface area contributed by atoms with Crippen LogP contribution in [0.5, 0.6) is 0 Å². The highest BCUT2D eigenvalue weighted by Crippen LogP contribution is 2.09. The highest BCUT2D eigenvalue weighted by atomic mass is 32.1. The van der Waals surface area contributed by atoms with Crippen LogP contribution in [0.4, 0.5) is 0 Å². The van der Waals surface area contributed by atoms with Crippen molar-refractivity contribution >= 4 is 23.0 Å². The molecule has 1 heterocycles. The van der Waals surface area contributed by atoms with E-state index in [1.807, 2.05) is 11.4 Å². The molecule has 1 rings (SSSR count). The second-order valence-electron chi connectivity index (χ2n) is 1.96. The molecule has 0 aromatic carbocycles. The standard InChI is InChI=1S/C7H8N2O2S/c1-11-9-6(7(8)10)5-3-2-4-12-5/h2-4H,1H3,(H2,8,10). The zero-order chi connectivity index (χ0) is 8.97. The van der Waals surface area contributed by atoms with Crippen molar-refractivity contribution in [3.05, 3.63) is 22.4 Å². The zero-order valence-electron chi connectivity index (χ0n) is 6.48. The van der Waals surface area contributed by atoms with Crippen molar-refractivity contribution in [3.8, 4) is 0 Å². The molecule has 0 unspecified atom stereocenters. The number of nitrogens with two attached hydrogens (primary N) is 1. The third-order valence-electron chi connectivity index (χ3n) is 1.17. The van der Waals surface area contributed by atoms with Gasteiger partial charge < -0.3 is 10.6 Å². The molecule has 0 bridgehead atoms. The Morgan fingerprint density at radius 1 is 1.75 bits per heavy atom. The minimum atomic E-state index is -0.584. The van der Waals surface area contributed by atoms with Crippen LogP contribution in [0.2, 0.25) is 0 Å². The highest BCUT2D eigenvalue weighted by Gasteiger charge is 2.11. The first-order chi connectivity index (χ1) is 5.75. The van der Waals surface area contributed by atoms with Gasteiger partial charge >= 0.3 is 0 Å². The summed E-state index contributed by atoms with van der Waals surface area (Å²) in [6.07, 6.45) is 0. The van der Waals surface area contributed by atoms with Crippen LogP contribution in [0.15, 0.2) is 22.7 Å². The molecule has 64 valence electrons. The van der Waals surface area contributed by atoms with Gasteiger partial charge in [-0.25, -0.2) is 0 Å². The Labute approximate surface area is 73.6 Å². The average Bonchev–Trinajstić information content (AvgIpc) is 2.51. The highest BCUT2D eigenvalue weighted by molar-refractivity contribution is 7.13. The van der Waals surface area contributed by atoms with Gasteiger partial charge in [0.25, 0.3) is 5.91 Å². The Bertz CT molecular complexity index is 292. The number of carbonyl (C=O) groups is 1. The summed E-state index contributed by atoms with van der Waals surface area (Å²) < 4.78 is 0. The van der Waals surface area contributed by atoms with E-state index in [-0.39, 0.29) is 5.71 Å². The summed E-state index contributed by atoms with van der Waals surface area (Å²) in [5, 5.41) is 5.36. The van der Waals surface area contributed by atoms with Gasteiger partial charge in [0.1, 0.15) is 7.11 Å². The van der Waals surface area contributed by atoms with E-state index in [0.29, 0.717) is 4.88 Å². The van der Waals surface area contributed by atoms with Gasteiger partial charge in [0.15, 0.2) is 5.71 Å². The van der Waals surface area contributed by atoms with Crippen LogP contribution >= 0.6 is 11.3 Å². The molecule has 5 heteroatoms. The predicted molar refractivity (Wildman–Crippen MR) is 47.1 cm³/mol. The van der Waals surface area contributed by atoms with Gasteiger partial charge in [-0.2, -0.15) is 0 Å². The van der Waals surface area contributed by atoms with E-state index in [1.54, 1.807) is 6.07 Å². The lowest BCUT2D eigenvalue weighted by atomic mass is 10.3. The van der Waals surface area contributed by atoms with Gasteiger partial charge in [0.05, 0.1) is 4.88 Å². The lowest BCUT2D eigenvalue weighted by molar-refractivity contribution is -0.112. The number of rotatable bonds is 3. The van der Waals surface area contributed by atoms with E-state index in [2.05, 4.69) is 9.99 Å². The van der Waals surface area contributed by atoms with Crippen LogP contribution < -0.4 is 5.73 Å². The van der Waals surface area contributed by atoms with Gasteiger partial charge in [-0.1, -0.05) is 11.2 Å². The summed E-state index contributed by atoms with van der Waals surface area (Å²) in [6, 6.07) is 3.57. The topological polar surface area (TPSA) is 64.7 Å². The SMILES string of the molecule is CON=C(C(N)=O)c1cccs1. The molecule has 0 radical (unpaired) electrons. The molecule has 4 nitrogen and oxygen atoms in total. The minimum absolute atomic E-state index is 0.160. The maximum absolute atomic E-state index is 10.8. The van der Waals surface area contributed by atoms with Crippen molar-refractivity contribution in [3.63, 3.8) is 0 Å². The predicted octanol–water partition coefficient (Wildman–Crippen LogP) is 0.584. The van der Waals surface area contributed by atoms with Gasteiger partial charge in [0.2, 0.25) is 0 Å². The summed E-state index contributed by atoms with van der Waals surface area (Å²) in [4.78, 5) is 16.0. The first-order valence-corrected chi connectivity index (χ1v) is 4.08. The van der Waals surface area contributed by atoms with E-state index >= 15 is 0 Å². The molecular formula is C7H8N2O2S. The summed E-state index contributed by atoms with van der Waals surface area (Å²) >= 11 is 1.39. The number of primary amides is 1. The van der Waals surface area contributed by atoms with Crippen LogP contribution in [-0.2, 0) is 9.63 Å². The lowest BCUT2D eigenvalue weighted by Crippen LogP contribution is -2.23. The largest absolute Gasteiger partial charge is 0.398 e. The van der Waals surface area contributed by atoms with Crippen LogP contribution in [0.1, 0.15) is 4.88 Å². The number of oxime groups is 1. The van der Waals surface area contributed by atoms with E-state index < -0.39 is 5.91 Å². The molecule has 0 spiro atoms. The smallest absolute Gasteiger partial charge is 0.272 e. The van der Waals surface area contributed by atoms with E-state index in [1.165, 1.54) is 18.4 Å².